The number of likely N-dealkylation sites (N-methyl/N-ethyl adjacent to an activating group) is 2. The minimum atomic E-state index is -0.633. The summed E-state index contributed by atoms with van der Waals surface area (Å²) in [6.45, 7) is 4.50. The Bertz CT molecular complexity index is 1780. The Morgan fingerprint density at radius 2 is 1.73 bits per heavy atom. The number of anilines is 4. The van der Waals surface area contributed by atoms with Crippen molar-refractivity contribution >= 4 is 52.2 Å². The van der Waals surface area contributed by atoms with Gasteiger partial charge in [0.05, 0.1) is 17.4 Å². The van der Waals surface area contributed by atoms with E-state index in [2.05, 4.69) is 30.2 Å². The molecule has 4 heterocycles. The fraction of sp³-hybridized carbons (Fsp3) is 0.355. The molecule has 5 rings (SSSR count). The van der Waals surface area contributed by atoms with Gasteiger partial charge in [-0.05, 0) is 50.5 Å². The van der Waals surface area contributed by atoms with Crippen LogP contribution in [0.2, 0.25) is 0 Å². The summed E-state index contributed by atoms with van der Waals surface area (Å²) < 4.78 is 1.69. The molecule has 4 aromatic heterocycles. The van der Waals surface area contributed by atoms with Crippen molar-refractivity contribution in [3.8, 4) is 0 Å². The van der Waals surface area contributed by atoms with E-state index in [0.29, 0.717) is 53.0 Å². The number of nitrogens with zero attached hydrogens (tertiary/aromatic N) is 8. The second-order valence-electron chi connectivity index (χ2n) is 11.1. The Morgan fingerprint density at radius 1 is 1.02 bits per heavy atom. The van der Waals surface area contributed by atoms with Crippen LogP contribution in [0.25, 0.3) is 17.1 Å². The summed E-state index contributed by atoms with van der Waals surface area (Å²) in [4.78, 5) is 63.4. The Balaban J connectivity index is 1.26. The molecule has 14 nitrogen and oxygen atoms in total. The second-order valence-corrected chi connectivity index (χ2v) is 11.1. The minimum Gasteiger partial charge on any atom is -0.372 e. The van der Waals surface area contributed by atoms with Crippen LogP contribution in [0.1, 0.15) is 60.1 Å². The lowest BCUT2D eigenvalue weighted by Gasteiger charge is -2.23. The number of ketones is 1. The zero-order chi connectivity index (χ0) is 32.1. The van der Waals surface area contributed by atoms with Crippen molar-refractivity contribution in [1.29, 1.82) is 0 Å². The minimum absolute atomic E-state index is 0.00335. The SMILES string of the molecule is CC(=O)c1c(C)c2cnc(Nc3ccc(N(C)CCN(C)c4ncc(/C=C/C(=O)NO)cn4)cn3)nc2n(C2CCCC2)c1=O. The molecule has 1 saturated carbocycles. The molecular formula is C31H36N10O4. The van der Waals surface area contributed by atoms with Gasteiger partial charge < -0.3 is 15.1 Å². The summed E-state index contributed by atoms with van der Waals surface area (Å²) in [6, 6.07) is 3.78. The topological polar surface area (TPSA) is 171 Å². The molecular weight excluding hydrogens is 576 g/mol. The molecule has 14 heteroatoms. The summed E-state index contributed by atoms with van der Waals surface area (Å²) in [5.74, 6) is 0.515. The van der Waals surface area contributed by atoms with E-state index in [1.54, 1.807) is 36.3 Å². The van der Waals surface area contributed by atoms with Crippen LogP contribution < -0.4 is 26.2 Å². The Hall–Kier alpha value is -5.24. The fourth-order valence-corrected chi connectivity index (χ4v) is 5.46. The lowest BCUT2D eigenvalue weighted by molar-refractivity contribution is -0.124. The molecule has 0 atom stereocenters. The van der Waals surface area contributed by atoms with Crippen LogP contribution >= 0.6 is 0 Å². The highest BCUT2D eigenvalue weighted by molar-refractivity contribution is 5.99. The Kier molecular flexibility index (Phi) is 9.42. The summed E-state index contributed by atoms with van der Waals surface area (Å²) in [6.07, 6.45) is 13.1. The van der Waals surface area contributed by atoms with Gasteiger partial charge in [0.25, 0.3) is 11.5 Å². The first kappa shape index (κ1) is 31.2. The van der Waals surface area contributed by atoms with E-state index in [1.165, 1.54) is 24.6 Å². The van der Waals surface area contributed by atoms with Gasteiger partial charge in [-0.1, -0.05) is 12.8 Å². The van der Waals surface area contributed by atoms with Crippen molar-refractivity contribution < 1.29 is 14.8 Å². The molecule has 0 aliphatic heterocycles. The van der Waals surface area contributed by atoms with Crippen molar-refractivity contribution in [2.75, 3.05) is 42.3 Å². The average Bonchev–Trinajstić information content (AvgIpc) is 3.57. The number of hydroxylamine groups is 1. The first-order valence-electron chi connectivity index (χ1n) is 14.7. The van der Waals surface area contributed by atoms with E-state index in [9.17, 15) is 14.4 Å². The van der Waals surface area contributed by atoms with Gasteiger partial charge in [-0.3, -0.25) is 24.2 Å². The first-order chi connectivity index (χ1) is 21.7. The zero-order valence-corrected chi connectivity index (χ0v) is 25.7. The predicted octanol–water partition coefficient (Wildman–Crippen LogP) is 3.44. The molecule has 0 aromatic carbocycles. The number of amides is 1. The molecule has 4 aromatic rings. The van der Waals surface area contributed by atoms with Crippen LogP contribution in [0.4, 0.5) is 23.4 Å². The summed E-state index contributed by atoms with van der Waals surface area (Å²) in [5.41, 5.74) is 4.11. The van der Waals surface area contributed by atoms with Crippen LogP contribution in [0.3, 0.4) is 0 Å². The maximum absolute atomic E-state index is 13.5. The van der Waals surface area contributed by atoms with Crippen LogP contribution in [0.15, 0.2) is 47.8 Å². The number of hydrogen-bond donors (Lipinski definition) is 3. The van der Waals surface area contributed by atoms with E-state index in [1.807, 2.05) is 31.1 Å². The standard InChI is InChI=1S/C31H36N10O4/c1-19-24-18-33-30(37-28(24)41(22-7-5-6-8-22)29(44)27(19)20(2)42)36-25-11-10-23(17-32-25)39(3)13-14-40(4)31-34-15-21(16-35-31)9-12-26(43)38-45/h9-12,15-18,22,45H,5-8,13-14H2,1-4H3,(H,38,43)(H,32,33,36,37)/b12-9+. The number of rotatable bonds is 11. The molecule has 3 N–H and O–H groups in total. The maximum Gasteiger partial charge on any atom is 0.267 e. The van der Waals surface area contributed by atoms with E-state index in [4.69, 9.17) is 10.2 Å². The highest BCUT2D eigenvalue weighted by Gasteiger charge is 2.26. The van der Waals surface area contributed by atoms with Gasteiger partial charge in [0.1, 0.15) is 11.5 Å². The summed E-state index contributed by atoms with van der Waals surface area (Å²) >= 11 is 0. The third kappa shape index (κ3) is 6.96. The van der Waals surface area contributed by atoms with E-state index >= 15 is 0 Å². The number of pyridine rings is 2. The molecule has 1 amide bonds. The molecule has 0 radical (unpaired) electrons. The van der Waals surface area contributed by atoms with Gasteiger partial charge in [-0.15, -0.1) is 0 Å². The van der Waals surface area contributed by atoms with Crippen LogP contribution in [0, 0.1) is 6.92 Å². The number of carbonyl (C=O) groups is 2. The first-order valence-corrected chi connectivity index (χ1v) is 14.7. The summed E-state index contributed by atoms with van der Waals surface area (Å²) in [7, 11) is 3.85. The van der Waals surface area contributed by atoms with E-state index in [0.717, 1.165) is 31.4 Å². The predicted molar refractivity (Wildman–Crippen MR) is 171 cm³/mol. The zero-order valence-electron chi connectivity index (χ0n) is 25.7. The van der Waals surface area contributed by atoms with Crippen molar-refractivity contribution in [2.24, 2.45) is 0 Å². The molecule has 45 heavy (non-hydrogen) atoms. The van der Waals surface area contributed by atoms with Crippen LogP contribution in [-0.4, -0.2) is 73.6 Å². The number of nitrogens with one attached hydrogen (secondary N) is 2. The Morgan fingerprint density at radius 3 is 2.38 bits per heavy atom. The molecule has 1 aliphatic carbocycles. The molecule has 1 fully saturated rings. The average molecular weight is 613 g/mol. The van der Waals surface area contributed by atoms with E-state index in [-0.39, 0.29) is 22.9 Å². The normalized spacial score (nSPS) is 13.4. The maximum atomic E-state index is 13.5. The molecule has 0 saturated heterocycles. The lowest BCUT2D eigenvalue weighted by atomic mass is 10.0. The molecule has 0 bridgehead atoms. The third-order valence-electron chi connectivity index (χ3n) is 7.99. The van der Waals surface area contributed by atoms with Crippen LogP contribution in [-0.2, 0) is 4.79 Å². The number of aromatic nitrogens is 6. The van der Waals surface area contributed by atoms with Gasteiger partial charge in [0.15, 0.2) is 5.78 Å². The number of carbonyl (C=O) groups excluding carboxylic acids is 2. The van der Waals surface area contributed by atoms with Gasteiger partial charge in [-0.2, -0.15) is 4.98 Å². The third-order valence-corrected chi connectivity index (χ3v) is 7.99. The molecule has 234 valence electrons. The smallest absolute Gasteiger partial charge is 0.267 e. The highest BCUT2D eigenvalue weighted by atomic mass is 16.5. The van der Waals surface area contributed by atoms with Gasteiger partial charge >= 0.3 is 0 Å². The number of Topliss-reactive ketones (excluding diaryl/α,β-unsaturated/α-hetero) is 1. The van der Waals surface area contributed by atoms with E-state index < -0.39 is 5.91 Å². The lowest BCUT2D eigenvalue weighted by Crippen LogP contribution is -2.31. The Labute approximate surface area is 259 Å². The van der Waals surface area contributed by atoms with Crippen molar-refractivity contribution in [3.63, 3.8) is 0 Å². The van der Waals surface area contributed by atoms with Gasteiger partial charge in [0, 0.05) is 68.8 Å². The van der Waals surface area contributed by atoms with Crippen molar-refractivity contribution in [3.05, 3.63) is 70.0 Å². The largest absolute Gasteiger partial charge is 0.372 e. The van der Waals surface area contributed by atoms with Gasteiger partial charge in [0.2, 0.25) is 11.9 Å². The molecule has 0 unspecified atom stereocenters. The number of hydrogen-bond acceptors (Lipinski definition) is 12. The number of fused-ring (bicyclic) bond motifs is 1. The quantitative estimate of drug-likeness (QED) is 0.0977. The molecule has 1 aliphatic rings. The van der Waals surface area contributed by atoms with Gasteiger partial charge in [-0.25, -0.2) is 25.4 Å². The number of aryl methyl sites for hydroxylation is 1. The molecule has 0 spiro atoms. The summed E-state index contributed by atoms with van der Waals surface area (Å²) in [5, 5.41) is 12.4. The fourth-order valence-electron chi connectivity index (χ4n) is 5.46. The van der Waals surface area contributed by atoms with Crippen molar-refractivity contribution in [2.45, 2.75) is 45.6 Å². The second kappa shape index (κ2) is 13.6. The highest BCUT2D eigenvalue weighted by Crippen LogP contribution is 2.32. The van der Waals surface area contributed by atoms with Crippen LogP contribution in [0.5, 0.6) is 0 Å². The monoisotopic (exact) mass is 612 g/mol. The van der Waals surface area contributed by atoms with Crippen molar-refractivity contribution in [1.82, 2.24) is 35.0 Å².